The van der Waals surface area contributed by atoms with Crippen molar-refractivity contribution in [3.63, 3.8) is 0 Å². The quantitative estimate of drug-likeness (QED) is 0.262. The minimum Gasteiger partial charge on any atom is -0.481 e. The number of carbonyl (C=O) groups excluding carboxylic acids is 1. The number of piperazine rings is 2. The molecule has 0 spiro atoms. The summed E-state index contributed by atoms with van der Waals surface area (Å²) in [5, 5.41) is 0. The number of rotatable bonds is 11. The first-order chi connectivity index (χ1) is 23.2. The highest BCUT2D eigenvalue weighted by atomic mass is 35.5. The van der Waals surface area contributed by atoms with Crippen LogP contribution in [0.3, 0.4) is 0 Å². The molecule has 0 radical (unpaired) electrons. The van der Waals surface area contributed by atoms with Gasteiger partial charge in [0.15, 0.2) is 6.61 Å². The number of hydrogen-bond donors (Lipinski definition) is 0. The number of nitrogens with zero attached hydrogens (tertiary/aromatic N) is 5. The molecule has 3 fully saturated rings. The zero-order valence-electron chi connectivity index (χ0n) is 28.1. The highest BCUT2D eigenvalue weighted by Gasteiger charge is 2.44. The number of halogens is 5. The van der Waals surface area contributed by atoms with Gasteiger partial charge in [-0.25, -0.2) is 0 Å². The third-order valence-corrected chi connectivity index (χ3v) is 9.29. The predicted molar refractivity (Wildman–Crippen MR) is 186 cm³/mol. The average molecular weight is 743 g/mol. The summed E-state index contributed by atoms with van der Waals surface area (Å²) in [4.78, 5) is 28.8. The lowest BCUT2D eigenvalue weighted by Gasteiger charge is -2.53. The predicted octanol–water partition coefficient (Wildman–Crippen LogP) is 5.23. The standard InChI is InChI=1S/C35H42F3N5O5.2ClH/c1-3-47-34-39-31(45-2)28(32(40-34)48-23-35(36,37)38)20-41-18-27-19-42(33(44)26-14-17-46-22-26)15-16-43(27)29(21-41)30(24-10-6-4-7-11-24)25-12-8-5-9-13-25;;/h4-13,26-27,29-30H,3,14-23H2,1-2H3;2*1H. The normalized spacial score (nSPS) is 21.2. The van der Waals surface area contributed by atoms with E-state index in [-0.39, 0.29) is 85.6 Å². The topological polar surface area (TPSA) is 89.5 Å². The molecule has 3 unspecified atom stereocenters. The zero-order chi connectivity index (χ0) is 33.7. The number of hydrogen-bond acceptors (Lipinski definition) is 9. The molecule has 3 aliphatic rings. The highest BCUT2D eigenvalue weighted by Crippen LogP contribution is 2.38. The van der Waals surface area contributed by atoms with Gasteiger partial charge in [-0.15, -0.1) is 24.8 Å². The minimum atomic E-state index is -4.57. The van der Waals surface area contributed by atoms with Gasteiger partial charge in [0.05, 0.1) is 31.8 Å². The Kier molecular flexibility index (Phi) is 14.0. The molecule has 0 saturated carbocycles. The summed E-state index contributed by atoms with van der Waals surface area (Å²) in [5.74, 6) is -0.164. The third kappa shape index (κ3) is 9.29. The molecule has 3 aliphatic heterocycles. The molecule has 3 saturated heterocycles. The van der Waals surface area contributed by atoms with Crippen LogP contribution in [0.2, 0.25) is 0 Å². The molecule has 0 bridgehead atoms. The van der Waals surface area contributed by atoms with E-state index in [2.05, 4.69) is 44.0 Å². The lowest BCUT2D eigenvalue weighted by Crippen LogP contribution is -2.67. The highest BCUT2D eigenvalue weighted by molar-refractivity contribution is 5.85. The molecule has 50 heavy (non-hydrogen) atoms. The molecule has 6 rings (SSSR count). The molecule has 3 atom stereocenters. The van der Waals surface area contributed by atoms with Crippen molar-refractivity contribution in [1.29, 1.82) is 0 Å². The van der Waals surface area contributed by atoms with Gasteiger partial charge in [0.1, 0.15) is 0 Å². The fourth-order valence-corrected chi connectivity index (χ4v) is 7.20. The zero-order valence-corrected chi connectivity index (χ0v) is 29.7. The molecule has 1 amide bonds. The Balaban J connectivity index is 0.00000281. The Morgan fingerprint density at radius 3 is 2.18 bits per heavy atom. The van der Waals surface area contributed by atoms with Gasteiger partial charge >= 0.3 is 12.2 Å². The van der Waals surface area contributed by atoms with E-state index in [0.29, 0.717) is 51.5 Å². The second kappa shape index (κ2) is 17.7. The lowest BCUT2D eigenvalue weighted by atomic mass is 9.81. The first-order valence-electron chi connectivity index (χ1n) is 16.5. The van der Waals surface area contributed by atoms with E-state index in [9.17, 15) is 18.0 Å². The number of ether oxygens (including phenoxy) is 4. The largest absolute Gasteiger partial charge is 0.481 e. The van der Waals surface area contributed by atoms with E-state index in [1.807, 2.05) is 41.3 Å². The van der Waals surface area contributed by atoms with Crippen LogP contribution >= 0.6 is 24.8 Å². The van der Waals surface area contributed by atoms with Crippen molar-refractivity contribution in [1.82, 2.24) is 24.7 Å². The van der Waals surface area contributed by atoms with Crippen LogP contribution in [0.5, 0.6) is 17.8 Å². The van der Waals surface area contributed by atoms with Crippen LogP contribution in [0.4, 0.5) is 13.2 Å². The Morgan fingerprint density at radius 2 is 1.60 bits per heavy atom. The summed E-state index contributed by atoms with van der Waals surface area (Å²) in [6, 6.07) is 20.5. The van der Waals surface area contributed by atoms with Gasteiger partial charge in [0, 0.05) is 63.9 Å². The maximum Gasteiger partial charge on any atom is 0.422 e. The van der Waals surface area contributed by atoms with Crippen LogP contribution in [0.15, 0.2) is 60.7 Å². The van der Waals surface area contributed by atoms with Gasteiger partial charge in [-0.2, -0.15) is 23.1 Å². The van der Waals surface area contributed by atoms with Crippen LogP contribution in [0, 0.1) is 5.92 Å². The summed E-state index contributed by atoms with van der Waals surface area (Å²) in [6.07, 6.45) is -3.85. The maximum absolute atomic E-state index is 13.5. The van der Waals surface area contributed by atoms with E-state index < -0.39 is 12.8 Å². The SMILES string of the molecule is CCOc1nc(OC)c(CN2CC3CN(C(=O)C4CCOC4)CCN3C(C(c3ccccc3)c3ccccc3)C2)c(OCC(F)(F)F)n1.Cl.Cl. The van der Waals surface area contributed by atoms with Gasteiger partial charge in [-0.3, -0.25) is 14.6 Å². The molecular formula is C35H44Cl2F3N5O5. The van der Waals surface area contributed by atoms with Crippen molar-refractivity contribution in [3.8, 4) is 17.8 Å². The van der Waals surface area contributed by atoms with E-state index >= 15 is 0 Å². The second-order valence-electron chi connectivity index (χ2n) is 12.4. The van der Waals surface area contributed by atoms with Crippen LogP contribution in [0.1, 0.15) is 36.0 Å². The van der Waals surface area contributed by atoms with Gasteiger partial charge in [0.2, 0.25) is 17.7 Å². The molecule has 2 aromatic carbocycles. The monoisotopic (exact) mass is 741 g/mol. The second-order valence-corrected chi connectivity index (χ2v) is 12.4. The Hall–Kier alpha value is -3.36. The number of amides is 1. The number of aromatic nitrogens is 2. The van der Waals surface area contributed by atoms with Crippen molar-refractivity contribution in [2.24, 2.45) is 5.92 Å². The number of benzene rings is 2. The summed E-state index contributed by atoms with van der Waals surface area (Å²) in [7, 11) is 1.41. The van der Waals surface area contributed by atoms with Crippen LogP contribution < -0.4 is 14.2 Å². The van der Waals surface area contributed by atoms with Gasteiger partial charge < -0.3 is 23.8 Å². The van der Waals surface area contributed by atoms with Crippen LogP contribution in [0.25, 0.3) is 0 Å². The van der Waals surface area contributed by atoms with Gasteiger partial charge in [-0.1, -0.05) is 60.7 Å². The Labute approximate surface area is 303 Å². The van der Waals surface area contributed by atoms with E-state index in [4.69, 9.17) is 18.9 Å². The maximum atomic E-state index is 13.5. The third-order valence-electron chi connectivity index (χ3n) is 9.29. The first kappa shape index (κ1) is 39.4. The molecule has 0 N–H and O–H groups in total. The van der Waals surface area contributed by atoms with Gasteiger partial charge in [-0.05, 0) is 24.5 Å². The van der Waals surface area contributed by atoms with Crippen LogP contribution in [-0.4, -0.2) is 115 Å². The van der Waals surface area contributed by atoms with E-state index in [0.717, 1.165) is 17.5 Å². The molecule has 10 nitrogen and oxygen atoms in total. The molecule has 1 aromatic heterocycles. The van der Waals surface area contributed by atoms with Crippen molar-refractivity contribution in [3.05, 3.63) is 77.4 Å². The number of alkyl halides is 3. The van der Waals surface area contributed by atoms with Crippen molar-refractivity contribution >= 4 is 30.7 Å². The minimum absolute atomic E-state index is 0. The van der Waals surface area contributed by atoms with Crippen molar-refractivity contribution in [2.75, 3.05) is 66.3 Å². The summed E-state index contributed by atoms with van der Waals surface area (Å²) in [6.45, 7) is 4.65. The smallest absolute Gasteiger partial charge is 0.422 e. The molecule has 274 valence electrons. The fourth-order valence-electron chi connectivity index (χ4n) is 7.20. The van der Waals surface area contributed by atoms with Crippen LogP contribution in [-0.2, 0) is 16.1 Å². The summed E-state index contributed by atoms with van der Waals surface area (Å²) in [5.41, 5.74) is 2.62. The number of methoxy groups -OCH3 is 1. The Morgan fingerprint density at radius 1 is 0.940 bits per heavy atom. The summed E-state index contributed by atoms with van der Waals surface area (Å²) < 4.78 is 61.8. The van der Waals surface area contributed by atoms with E-state index in [1.165, 1.54) is 7.11 Å². The molecular weight excluding hydrogens is 698 g/mol. The molecule has 0 aliphatic carbocycles. The van der Waals surface area contributed by atoms with Gasteiger partial charge in [0.25, 0.3) is 0 Å². The first-order valence-corrected chi connectivity index (χ1v) is 16.5. The summed E-state index contributed by atoms with van der Waals surface area (Å²) >= 11 is 0. The molecule has 15 heteroatoms. The van der Waals surface area contributed by atoms with Crippen molar-refractivity contribution < 1.29 is 36.9 Å². The number of carbonyl (C=O) groups is 1. The fraction of sp³-hybridized carbons (Fsp3) is 0.514. The Bertz CT molecular complexity index is 1480. The molecule has 3 aromatic rings. The number of fused-ring (bicyclic) bond motifs is 1. The lowest BCUT2D eigenvalue weighted by molar-refractivity contribution is -0.154. The van der Waals surface area contributed by atoms with Crippen molar-refractivity contribution in [2.45, 2.75) is 44.1 Å². The molecule has 4 heterocycles. The average Bonchev–Trinajstić information content (AvgIpc) is 3.64. The van der Waals surface area contributed by atoms with E-state index in [1.54, 1.807) is 6.92 Å².